The number of halogens is 4. The van der Waals surface area contributed by atoms with Crippen LogP contribution in [0, 0.1) is 5.92 Å². The number of guanidine groups is 1. The van der Waals surface area contributed by atoms with Crippen LogP contribution in [0.15, 0.2) is 35.3 Å². The molecule has 1 aromatic heterocycles. The van der Waals surface area contributed by atoms with E-state index in [1.165, 1.54) is 0 Å². The molecule has 1 heterocycles. The van der Waals surface area contributed by atoms with Crippen LogP contribution < -0.4 is 15.5 Å². The average Bonchev–Trinajstić information content (AvgIpc) is 2.70. The summed E-state index contributed by atoms with van der Waals surface area (Å²) in [5, 5.41) is 7.64. The molecule has 1 fully saturated rings. The molecule has 0 bridgehead atoms. The van der Waals surface area contributed by atoms with E-state index in [1.54, 1.807) is 7.05 Å². The highest BCUT2D eigenvalue weighted by molar-refractivity contribution is 14.0. The summed E-state index contributed by atoms with van der Waals surface area (Å²) in [6.45, 7) is 0.543. The maximum absolute atomic E-state index is 12.9. The first kappa shape index (κ1) is 24.5. The van der Waals surface area contributed by atoms with Gasteiger partial charge in [0.05, 0.1) is 11.4 Å². The third-order valence-electron chi connectivity index (χ3n) is 5.45. The Morgan fingerprint density at radius 2 is 1.83 bits per heavy atom. The molecule has 30 heavy (non-hydrogen) atoms. The summed E-state index contributed by atoms with van der Waals surface area (Å²) in [4.78, 5) is 10.9. The minimum atomic E-state index is -4.09. The van der Waals surface area contributed by atoms with Crippen molar-refractivity contribution < 1.29 is 13.2 Å². The van der Waals surface area contributed by atoms with E-state index in [4.69, 9.17) is 0 Å². The van der Waals surface area contributed by atoms with Gasteiger partial charge in [-0.2, -0.15) is 13.2 Å². The fourth-order valence-corrected chi connectivity index (χ4v) is 3.74. The van der Waals surface area contributed by atoms with Gasteiger partial charge >= 0.3 is 6.18 Å². The predicted octanol–water partition coefficient (Wildman–Crippen LogP) is 4.70. The maximum Gasteiger partial charge on any atom is 0.391 e. The van der Waals surface area contributed by atoms with E-state index in [9.17, 15) is 13.2 Å². The summed E-state index contributed by atoms with van der Waals surface area (Å²) >= 11 is 0. The Morgan fingerprint density at radius 1 is 1.17 bits per heavy atom. The number of rotatable bonds is 4. The molecular formula is C21H29F3IN5. The van der Waals surface area contributed by atoms with Gasteiger partial charge in [0.15, 0.2) is 5.96 Å². The molecule has 166 valence electrons. The van der Waals surface area contributed by atoms with Crippen molar-refractivity contribution in [2.45, 2.75) is 44.4 Å². The zero-order chi connectivity index (χ0) is 21.0. The third-order valence-corrected chi connectivity index (χ3v) is 5.45. The molecule has 3 rings (SSSR count). The Bertz CT molecular complexity index is 861. The van der Waals surface area contributed by atoms with Crippen LogP contribution in [-0.4, -0.2) is 44.3 Å². The Kier molecular flexibility index (Phi) is 8.57. The van der Waals surface area contributed by atoms with Crippen LogP contribution >= 0.6 is 24.0 Å². The summed E-state index contributed by atoms with van der Waals surface area (Å²) in [5.74, 6) is 0.296. The maximum atomic E-state index is 12.9. The number of alkyl halides is 3. The van der Waals surface area contributed by atoms with E-state index < -0.39 is 12.1 Å². The zero-order valence-electron chi connectivity index (χ0n) is 17.5. The molecule has 2 aromatic rings. The second-order valence-corrected chi connectivity index (χ2v) is 7.71. The van der Waals surface area contributed by atoms with E-state index in [2.05, 4.69) is 20.6 Å². The van der Waals surface area contributed by atoms with E-state index in [-0.39, 0.29) is 42.9 Å². The van der Waals surface area contributed by atoms with Crippen molar-refractivity contribution in [2.75, 3.05) is 26.0 Å². The summed E-state index contributed by atoms with van der Waals surface area (Å²) in [6.07, 6.45) is -2.77. The van der Waals surface area contributed by atoms with Gasteiger partial charge < -0.3 is 15.5 Å². The molecule has 1 aromatic carbocycles. The van der Waals surface area contributed by atoms with E-state index in [0.717, 1.165) is 22.3 Å². The molecule has 1 aliphatic carbocycles. The first-order valence-electron chi connectivity index (χ1n) is 9.88. The molecule has 5 nitrogen and oxygen atoms in total. The SMILES string of the molecule is CN=C(NCc1cc(N(C)C)nc2ccccc12)NC1CCC(C(F)(F)F)CC1.I. The summed E-state index contributed by atoms with van der Waals surface area (Å²) in [7, 11) is 5.57. The number of para-hydroxylation sites is 1. The van der Waals surface area contributed by atoms with Crippen LogP contribution in [0.5, 0.6) is 0 Å². The molecule has 1 saturated carbocycles. The molecule has 1 aliphatic rings. The second-order valence-electron chi connectivity index (χ2n) is 7.71. The van der Waals surface area contributed by atoms with Crippen molar-refractivity contribution in [2.24, 2.45) is 10.9 Å². The lowest BCUT2D eigenvalue weighted by atomic mass is 9.85. The van der Waals surface area contributed by atoms with E-state index >= 15 is 0 Å². The molecule has 0 saturated heterocycles. The van der Waals surface area contributed by atoms with Crippen molar-refractivity contribution in [3.8, 4) is 0 Å². The van der Waals surface area contributed by atoms with Crippen molar-refractivity contribution in [1.29, 1.82) is 0 Å². The van der Waals surface area contributed by atoms with Crippen LogP contribution in [0.2, 0.25) is 0 Å². The smallest absolute Gasteiger partial charge is 0.363 e. The number of anilines is 1. The summed E-state index contributed by atoms with van der Waals surface area (Å²) in [5.41, 5.74) is 2.01. The normalized spacial score (nSPS) is 19.9. The summed E-state index contributed by atoms with van der Waals surface area (Å²) < 4.78 is 38.6. The quantitative estimate of drug-likeness (QED) is 0.339. The number of fused-ring (bicyclic) bond motifs is 1. The minimum Gasteiger partial charge on any atom is -0.363 e. The lowest BCUT2D eigenvalue weighted by Crippen LogP contribution is -2.45. The molecule has 2 N–H and O–H groups in total. The molecule has 0 atom stereocenters. The zero-order valence-corrected chi connectivity index (χ0v) is 19.8. The lowest BCUT2D eigenvalue weighted by molar-refractivity contribution is -0.182. The van der Waals surface area contributed by atoms with Crippen molar-refractivity contribution in [1.82, 2.24) is 15.6 Å². The van der Waals surface area contributed by atoms with Gasteiger partial charge in [-0.25, -0.2) is 4.98 Å². The molecular weight excluding hydrogens is 506 g/mol. The highest BCUT2D eigenvalue weighted by Gasteiger charge is 2.41. The van der Waals surface area contributed by atoms with Crippen molar-refractivity contribution >= 4 is 46.7 Å². The Labute approximate surface area is 192 Å². The van der Waals surface area contributed by atoms with E-state index in [0.29, 0.717) is 25.3 Å². The summed E-state index contributed by atoms with van der Waals surface area (Å²) in [6, 6.07) is 10.0. The van der Waals surface area contributed by atoms with Crippen LogP contribution in [0.3, 0.4) is 0 Å². The van der Waals surface area contributed by atoms with Gasteiger partial charge in [0.2, 0.25) is 0 Å². The van der Waals surface area contributed by atoms with Gasteiger partial charge in [-0.1, -0.05) is 18.2 Å². The molecule has 0 amide bonds. The molecule has 0 radical (unpaired) electrons. The first-order chi connectivity index (χ1) is 13.8. The van der Waals surface area contributed by atoms with Gasteiger partial charge in [0.25, 0.3) is 0 Å². The number of hydrogen-bond donors (Lipinski definition) is 2. The lowest BCUT2D eigenvalue weighted by Gasteiger charge is -2.31. The fraction of sp³-hybridized carbons (Fsp3) is 0.524. The molecule has 0 spiro atoms. The standard InChI is InChI=1S/C21H28F3N5.HI/c1-25-20(27-16-10-8-15(9-11-16)21(22,23)24)26-13-14-12-19(29(2)3)28-18-7-5-4-6-17(14)18;/h4-7,12,15-16H,8-11,13H2,1-3H3,(H2,25,26,27);1H. The number of aliphatic imine (C=N–C) groups is 1. The average molecular weight is 535 g/mol. The number of benzene rings is 1. The number of hydrogen-bond acceptors (Lipinski definition) is 3. The van der Waals surface area contributed by atoms with Crippen molar-refractivity contribution in [3.05, 3.63) is 35.9 Å². The number of nitrogens with zero attached hydrogens (tertiary/aromatic N) is 3. The van der Waals surface area contributed by atoms with Crippen LogP contribution in [0.1, 0.15) is 31.2 Å². The molecule has 9 heteroatoms. The predicted molar refractivity (Wildman–Crippen MR) is 127 cm³/mol. The highest BCUT2D eigenvalue weighted by atomic mass is 127. The van der Waals surface area contributed by atoms with Crippen LogP contribution in [0.25, 0.3) is 10.9 Å². The van der Waals surface area contributed by atoms with E-state index in [1.807, 2.05) is 49.3 Å². The topological polar surface area (TPSA) is 52.6 Å². The molecule has 0 unspecified atom stereocenters. The Morgan fingerprint density at radius 3 is 2.43 bits per heavy atom. The van der Waals surface area contributed by atoms with Gasteiger partial charge in [-0.05, 0) is 43.4 Å². The Hall–Kier alpha value is -1.78. The number of nitrogens with one attached hydrogen (secondary N) is 2. The van der Waals surface area contributed by atoms with Crippen LogP contribution in [-0.2, 0) is 6.54 Å². The minimum absolute atomic E-state index is 0. The third kappa shape index (κ3) is 6.12. The first-order valence-corrected chi connectivity index (χ1v) is 9.88. The van der Waals surface area contributed by atoms with Gasteiger partial charge in [0, 0.05) is 39.1 Å². The van der Waals surface area contributed by atoms with Crippen molar-refractivity contribution in [3.63, 3.8) is 0 Å². The number of aromatic nitrogens is 1. The second kappa shape index (κ2) is 10.5. The molecule has 0 aliphatic heterocycles. The largest absolute Gasteiger partial charge is 0.391 e. The van der Waals surface area contributed by atoms with Gasteiger partial charge in [0.1, 0.15) is 5.82 Å². The Balaban J connectivity index is 0.00000320. The van der Waals surface area contributed by atoms with Gasteiger partial charge in [-0.3, -0.25) is 4.99 Å². The monoisotopic (exact) mass is 535 g/mol. The fourth-order valence-electron chi connectivity index (χ4n) is 3.74. The number of pyridine rings is 1. The highest BCUT2D eigenvalue weighted by Crippen LogP contribution is 2.37. The van der Waals surface area contributed by atoms with Gasteiger partial charge in [-0.15, -0.1) is 24.0 Å². The van der Waals surface area contributed by atoms with Crippen LogP contribution in [0.4, 0.5) is 19.0 Å².